The van der Waals surface area contributed by atoms with E-state index >= 15 is 0 Å². The largest absolute Gasteiger partial charge is 0.508 e. The van der Waals surface area contributed by atoms with E-state index in [1.165, 1.54) is 20.1 Å². The van der Waals surface area contributed by atoms with E-state index in [4.69, 9.17) is 4.74 Å². The molecule has 0 saturated carbocycles. The number of methoxy groups -OCH3 is 1. The van der Waals surface area contributed by atoms with Crippen molar-refractivity contribution in [3.8, 4) is 11.5 Å². The van der Waals surface area contributed by atoms with Gasteiger partial charge in [-0.25, -0.2) is 0 Å². The number of benzene rings is 1. The average molecular weight is 208 g/mol. The molecule has 0 heterocycles. The number of phenols is 1. The first-order valence-electron chi connectivity index (χ1n) is 4.89. The first kappa shape index (κ1) is 11.6. The van der Waals surface area contributed by atoms with Gasteiger partial charge in [-0.05, 0) is 25.0 Å². The molecule has 0 amide bonds. The monoisotopic (exact) mass is 208 g/mol. The molecule has 1 aromatic carbocycles. The summed E-state index contributed by atoms with van der Waals surface area (Å²) in [6, 6.07) is 3.19. The summed E-state index contributed by atoms with van der Waals surface area (Å²) < 4.78 is 5.12. The Hall–Kier alpha value is -1.51. The van der Waals surface area contributed by atoms with E-state index in [2.05, 4.69) is 0 Å². The summed E-state index contributed by atoms with van der Waals surface area (Å²) >= 11 is 0. The number of aromatic hydroxyl groups is 1. The molecular weight excluding hydrogens is 192 g/mol. The highest BCUT2D eigenvalue weighted by molar-refractivity contribution is 5.97. The van der Waals surface area contributed by atoms with Gasteiger partial charge in [-0.2, -0.15) is 0 Å². The Kier molecular flexibility index (Phi) is 3.35. The van der Waals surface area contributed by atoms with Gasteiger partial charge in [0.2, 0.25) is 0 Å². The Labute approximate surface area is 89.7 Å². The lowest BCUT2D eigenvalue weighted by atomic mass is 9.98. The number of phenolic OH excluding ortho intramolecular Hbond substituents is 1. The molecule has 0 aliphatic carbocycles. The molecular formula is C12H16O3. The fourth-order valence-electron chi connectivity index (χ4n) is 1.49. The fourth-order valence-corrected chi connectivity index (χ4v) is 1.49. The molecule has 0 fully saturated rings. The molecule has 0 spiro atoms. The summed E-state index contributed by atoms with van der Waals surface area (Å²) in [7, 11) is 1.52. The molecule has 15 heavy (non-hydrogen) atoms. The van der Waals surface area contributed by atoms with E-state index in [0.29, 0.717) is 11.3 Å². The maximum absolute atomic E-state index is 11.3. The van der Waals surface area contributed by atoms with Crippen LogP contribution in [0.3, 0.4) is 0 Å². The van der Waals surface area contributed by atoms with Gasteiger partial charge >= 0.3 is 0 Å². The maximum atomic E-state index is 11.3. The van der Waals surface area contributed by atoms with Gasteiger partial charge in [-0.1, -0.05) is 13.8 Å². The third-order valence-electron chi connectivity index (χ3n) is 2.35. The maximum Gasteiger partial charge on any atom is 0.163 e. The Morgan fingerprint density at radius 2 is 2.00 bits per heavy atom. The number of hydrogen-bond acceptors (Lipinski definition) is 3. The van der Waals surface area contributed by atoms with E-state index < -0.39 is 0 Å². The zero-order valence-corrected chi connectivity index (χ0v) is 9.50. The number of rotatable bonds is 3. The SMILES string of the molecule is COc1cc(C(C)C)c(O)cc1C(C)=O. The van der Waals surface area contributed by atoms with E-state index in [9.17, 15) is 9.90 Å². The smallest absolute Gasteiger partial charge is 0.163 e. The van der Waals surface area contributed by atoms with Gasteiger partial charge in [0.25, 0.3) is 0 Å². The zero-order chi connectivity index (χ0) is 11.6. The minimum Gasteiger partial charge on any atom is -0.508 e. The van der Waals surface area contributed by atoms with Crippen molar-refractivity contribution in [2.75, 3.05) is 7.11 Å². The molecule has 1 N–H and O–H groups in total. The minimum absolute atomic E-state index is 0.113. The molecule has 1 rings (SSSR count). The summed E-state index contributed by atoms with van der Waals surface area (Å²) in [4.78, 5) is 11.3. The molecule has 1 aromatic rings. The Morgan fingerprint density at radius 1 is 1.40 bits per heavy atom. The van der Waals surface area contributed by atoms with Gasteiger partial charge in [0, 0.05) is 5.56 Å². The third-order valence-corrected chi connectivity index (χ3v) is 2.35. The molecule has 0 aliphatic heterocycles. The van der Waals surface area contributed by atoms with Gasteiger partial charge < -0.3 is 9.84 Å². The van der Waals surface area contributed by atoms with Crippen molar-refractivity contribution in [3.63, 3.8) is 0 Å². The molecule has 82 valence electrons. The van der Waals surface area contributed by atoms with E-state index in [1.807, 2.05) is 13.8 Å². The quantitative estimate of drug-likeness (QED) is 0.777. The lowest BCUT2D eigenvalue weighted by Crippen LogP contribution is -2.00. The van der Waals surface area contributed by atoms with Gasteiger partial charge in [0.1, 0.15) is 11.5 Å². The van der Waals surface area contributed by atoms with E-state index in [0.717, 1.165) is 5.56 Å². The van der Waals surface area contributed by atoms with Crippen molar-refractivity contribution in [2.24, 2.45) is 0 Å². The predicted molar refractivity (Wildman–Crippen MR) is 58.8 cm³/mol. The van der Waals surface area contributed by atoms with Crippen LogP contribution in [0.2, 0.25) is 0 Å². The first-order chi connectivity index (χ1) is 6.97. The normalized spacial score (nSPS) is 10.5. The molecule has 0 unspecified atom stereocenters. The van der Waals surface area contributed by atoms with Gasteiger partial charge in [-0.3, -0.25) is 4.79 Å². The van der Waals surface area contributed by atoms with Crippen molar-refractivity contribution in [1.29, 1.82) is 0 Å². The summed E-state index contributed by atoms with van der Waals surface area (Å²) in [5, 5.41) is 9.72. The summed E-state index contributed by atoms with van der Waals surface area (Å²) in [6.45, 7) is 5.40. The molecule has 0 aliphatic rings. The van der Waals surface area contributed by atoms with Crippen LogP contribution in [-0.2, 0) is 0 Å². The third kappa shape index (κ3) is 2.29. The number of ketones is 1. The van der Waals surface area contributed by atoms with Crippen LogP contribution in [0.1, 0.15) is 42.6 Å². The second kappa shape index (κ2) is 4.34. The van der Waals surface area contributed by atoms with Crippen LogP contribution >= 0.6 is 0 Å². The van der Waals surface area contributed by atoms with Crippen molar-refractivity contribution >= 4 is 5.78 Å². The lowest BCUT2D eigenvalue weighted by Gasteiger charge is -2.13. The van der Waals surface area contributed by atoms with Gasteiger partial charge in [0.05, 0.1) is 12.7 Å². The standard InChI is InChI=1S/C12H16O3/c1-7(2)9-6-12(15-4)10(8(3)13)5-11(9)14/h5-7,14H,1-4H3. The molecule has 3 heteroatoms. The lowest BCUT2D eigenvalue weighted by molar-refractivity contribution is 0.101. The zero-order valence-electron chi connectivity index (χ0n) is 9.50. The van der Waals surface area contributed by atoms with Crippen LogP contribution in [0.15, 0.2) is 12.1 Å². The first-order valence-corrected chi connectivity index (χ1v) is 4.89. The van der Waals surface area contributed by atoms with Gasteiger partial charge in [-0.15, -0.1) is 0 Å². The second-order valence-corrected chi connectivity index (χ2v) is 3.82. The van der Waals surface area contributed by atoms with Crippen LogP contribution in [0.5, 0.6) is 11.5 Å². The van der Waals surface area contributed by atoms with Crippen LogP contribution in [0.25, 0.3) is 0 Å². The average Bonchev–Trinajstić information content (AvgIpc) is 2.16. The van der Waals surface area contributed by atoms with Crippen LogP contribution < -0.4 is 4.74 Å². The van der Waals surface area contributed by atoms with Crippen molar-refractivity contribution in [3.05, 3.63) is 23.3 Å². The minimum atomic E-state index is -0.113. The Bertz CT molecular complexity index is 381. The van der Waals surface area contributed by atoms with E-state index in [1.54, 1.807) is 6.07 Å². The van der Waals surface area contributed by atoms with Crippen LogP contribution in [-0.4, -0.2) is 18.0 Å². The fraction of sp³-hybridized carbons (Fsp3) is 0.417. The van der Waals surface area contributed by atoms with Crippen molar-refractivity contribution < 1.29 is 14.6 Å². The topological polar surface area (TPSA) is 46.5 Å². The van der Waals surface area contributed by atoms with Crippen LogP contribution in [0, 0.1) is 0 Å². The molecule has 3 nitrogen and oxygen atoms in total. The number of ether oxygens (including phenoxy) is 1. The molecule has 0 aromatic heterocycles. The summed E-state index contributed by atoms with van der Waals surface area (Å²) in [6.07, 6.45) is 0. The summed E-state index contributed by atoms with van der Waals surface area (Å²) in [5.74, 6) is 0.748. The number of carbonyl (C=O) groups is 1. The predicted octanol–water partition coefficient (Wildman–Crippen LogP) is 2.73. The highest BCUT2D eigenvalue weighted by Crippen LogP contribution is 2.32. The van der Waals surface area contributed by atoms with E-state index in [-0.39, 0.29) is 17.5 Å². The molecule has 0 radical (unpaired) electrons. The van der Waals surface area contributed by atoms with Gasteiger partial charge in [0.15, 0.2) is 5.78 Å². The van der Waals surface area contributed by atoms with Crippen molar-refractivity contribution in [2.45, 2.75) is 26.7 Å². The molecule has 0 saturated heterocycles. The molecule has 0 atom stereocenters. The summed E-state index contributed by atoms with van der Waals surface area (Å²) in [5.41, 5.74) is 1.20. The van der Waals surface area contributed by atoms with Crippen LogP contribution in [0.4, 0.5) is 0 Å². The highest BCUT2D eigenvalue weighted by Gasteiger charge is 2.14. The highest BCUT2D eigenvalue weighted by atomic mass is 16.5. The Morgan fingerprint density at radius 3 is 2.40 bits per heavy atom. The second-order valence-electron chi connectivity index (χ2n) is 3.82. The molecule has 0 bridgehead atoms. The number of carbonyl (C=O) groups excluding carboxylic acids is 1. The number of Topliss-reactive ketones (excluding diaryl/α,β-unsaturated/α-hetero) is 1. The Balaban J connectivity index is 3.35. The number of hydrogen-bond donors (Lipinski definition) is 1. The van der Waals surface area contributed by atoms with Crippen molar-refractivity contribution in [1.82, 2.24) is 0 Å².